The van der Waals surface area contributed by atoms with Gasteiger partial charge in [-0.15, -0.1) is 0 Å². The third-order valence-corrected chi connectivity index (χ3v) is 10.7. The maximum atomic E-state index is 6.41. The Balaban J connectivity index is 1.03. The predicted molar refractivity (Wildman–Crippen MR) is 227 cm³/mol. The highest BCUT2D eigenvalue weighted by Crippen LogP contribution is 2.38. The summed E-state index contributed by atoms with van der Waals surface area (Å²) in [5.74, 6) is 1.82. The maximum Gasteiger partial charge on any atom is 0.164 e. The topological polar surface area (TPSA) is 51.8 Å². The first kappa shape index (κ1) is 31.1. The predicted octanol–water partition coefficient (Wildman–Crippen LogP) is 13.6. The number of hydrogen-bond acceptors (Lipinski definition) is 4. The molecule has 55 heavy (non-hydrogen) atoms. The second-order valence-corrected chi connectivity index (χ2v) is 14.0. The van der Waals surface area contributed by atoms with Gasteiger partial charge in [0.25, 0.3) is 0 Å². The third-order valence-electron chi connectivity index (χ3n) is 10.7. The van der Waals surface area contributed by atoms with Crippen LogP contribution in [0.15, 0.2) is 192 Å². The Bertz CT molecular complexity index is 3220. The fourth-order valence-electron chi connectivity index (χ4n) is 8.00. The summed E-state index contributed by atoms with van der Waals surface area (Å²) in [6, 6.07) is 65.8. The van der Waals surface area contributed by atoms with Gasteiger partial charge >= 0.3 is 0 Å². The fraction of sp³-hybridized carbons (Fsp3) is 0. The summed E-state index contributed by atoms with van der Waals surface area (Å²) in [5, 5.41) is 9.68. The fourth-order valence-corrected chi connectivity index (χ4v) is 8.00. The molecule has 0 aliphatic heterocycles. The first-order valence-corrected chi connectivity index (χ1v) is 18.5. The van der Waals surface area contributed by atoms with E-state index in [1.165, 1.54) is 37.9 Å². The van der Waals surface area contributed by atoms with Crippen LogP contribution >= 0.6 is 0 Å². The van der Waals surface area contributed by atoms with Crippen molar-refractivity contribution in [2.24, 2.45) is 0 Å². The van der Waals surface area contributed by atoms with E-state index < -0.39 is 0 Å². The Morgan fingerprint density at radius 2 is 0.673 bits per heavy atom. The molecule has 0 saturated carbocycles. The molecule has 0 aliphatic rings. The van der Waals surface area contributed by atoms with Crippen molar-refractivity contribution in [3.8, 4) is 56.4 Å². The van der Waals surface area contributed by atoms with Crippen molar-refractivity contribution in [2.45, 2.75) is 0 Å². The zero-order valence-electron chi connectivity index (χ0n) is 29.6. The highest BCUT2D eigenvalue weighted by molar-refractivity contribution is 6.25. The number of aromatic nitrogens is 3. The van der Waals surface area contributed by atoms with Gasteiger partial charge in [0.15, 0.2) is 17.5 Å². The van der Waals surface area contributed by atoms with E-state index >= 15 is 0 Å². The van der Waals surface area contributed by atoms with E-state index in [-0.39, 0.29) is 0 Å². The Morgan fingerprint density at radius 3 is 1.36 bits per heavy atom. The molecule has 0 amide bonds. The van der Waals surface area contributed by atoms with Crippen LogP contribution in [0, 0.1) is 0 Å². The summed E-state index contributed by atoms with van der Waals surface area (Å²) in [6.45, 7) is 0. The number of nitrogens with zero attached hydrogens (tertiary/aromatic N) is 3. The molecule has 256 valence electrons. The molecule has 0 aliphatic carbocycles. The number of rotatable bonds is 5. The molecular formula is C51H31N3O. The van der Waals surface area contributed by atoms with Crippen molar-refractivity contribution in [1.82, 2.24) is 15.0 Å². The number of fused-ring (bicyclic) bond motifs is 9. The molecule has 0 saturated heterocycles. The quantitative estimate of drug-likeness (QED) is 0.168. The van der Waals surface area contributed by atoms with E-state index in [1.54, 1.807) is 0 Å². The summed E-state index contributed by atoms with van der Waals surface area (Å²) >= 11 is 0. The van der Waals surface area contributed by atoms with Crippen LogP contribution in [-0.2, 0) is 0 Å². The second kappa shape index (κ2) is 12.6. The molecule has 11 rings (SSSR count). The zero-order valence-corrected chi connectivity index (χ0v) is 29.6. The lowest BCUT2D eigenvalue weighted by molar-refractivity contribution is 0.669. The van der Waals surface area contributed by atoms with Crippen molar-refractivity contribution in [3.63, 3.8) is 0 Å². The lowest BCUT2D eigenvalue weighted by Gasteiger charge is -2.13. The molecular weight excluding hydrogens is 671 g/mol. The van der Waals surface area contributed by atoms with Gasteiger partial charge in [0.2, 0.25) is 0 Å². The SMILES string of the molecule is c1ccc(-c2ccc3oc4cc(-c5nc(-c6ccccc6)nc(-c6cccc(-c7ccc8c9ccccc9c9ccccc9c8c7)c6)n5)ccc4c3c2)cc1. The summed E-state index contributed by atoms with van der Waals surface area (Å²) < 4.78 is 6.41. The molecule has 0 spiro atoms. The minimum Gasteiger partial charge on any atom is -0.456 e. The highest BCUT2D eigenvalue weighted by atomic mass is 16.3. The molecule has 0 atom stereocenters. The van der Waals surface area contributed by atoms with Crippen LogP contribution in [0.2, 0.25) is 0 Å². The largest absolute Gasteiger partial charge is 0.456 e. The smallest absolute Gasteiger partial charge is 0.164 e. The van der Waals surface area contributed by atoms with E-state index in [9.17, 15) is 0 Å². The number of hydrogen-bond donors (Lipinski definition) is 0. The van der Waals surface area contributed by atoms with Gasteiger partial charge in [-0.05, 0) is 91.0 Å². The van der Waals surface area contributed by atoms with Crippen LogP contribution in [0.25, 0.3) is 111 Å². The Kier molecular flexibility index (Phi) is 7.14. The third kappa shape index (κ3) is 5.34. The molecule has 11 aromatic rings. The van der Waals surface area contributed by atoms with Gasteiger partial charge in [-0.25, -0.2) is 15.0 Å². The van der Waals surface area contributed by atoms with Gasteiger partial charge in [0.1, 0.15) is 11.2 Å². The minimum absolute atomic E-state index is 0.589. The van der Waals surface area contributed by atoms with E-state index in [2.05, 4.69) is 146 Å². The first-order valence-electron chi connectivity index (χ1n) is 18.5. The molecule has 0 unspecified atom stereocenters. The standard InChI is InChI=1S/C51H31N3O/c1-3-12-32(13-4-1)35-24-27-47-46(30-35)44-26-23-38(31-48(44)55-47)51-53-49(33-14-5-2-6-15-33)52-50(54-51)37-17-11-16-34(28-37)36-22-25-43-41-20-8-7-18-39(41)40-19-9-10-21-42(40)45(43)29-36/h1-31H. The summed E-state index contributed by atoms with van der Waals surface area (Å²) in [5.41, 5.74) is 8.91. The molecule has 2 aromatic heterocycles. The summed E-state index contributed by atoms with van der Waals surface area (Å²) in [4.78, 5) is 15.2. The van der Waals surface area contributed by atoms with Gasteiger partial charge in [-0.2, -0.15) is 0 Å². The van der Waals surface area contributed by atoms with Gasteiger partial charge in [-0.3, -0.25) is 0 Å². The first-order chi connectivity index (χ1) is 27.2. The van der Waals surface area contributed by atoms with Crippen LogP contribution in [0.1, 0.15) is 0 Å². The Labute approximate surface area is 317 Å². The molecule has 2 heterocycles. The summed E-state index contributed by atoms with van der Waals surface area (Å²) in [7, 11) is 0. The van der Waals surface area contributed by atoms with Crippen molar-refractivity contribution < 1.29 is 4.42 Å². The van der Waals surface area contributed by atoms with Gasteiger partial charge in [0.05, 0.1) is 0 Å². The molecule has 0 bridgehead atoms. The lowest BCUT2D eigenvalue weighted by atomic mass is 9.92. The van der Waals surface area contributed by atoms with Gasteiger partial charge in [0, 0.05) is 27.5 Å². The van der Waals surface area contributed by atoms with Crippen LogP contribution in [0.4, 0.5) is 0 Å². The zero-order chi connectivity index (χ0) is 36.3. The Morgan fingerprint density at radius 1 is 0.236 bits per heavy atom. The Hall–Kier alpha value is -7.43. The van der Waals surface area contributed by atoms with Gasteiger partial charge < -0.3 is 4.42 Å². The average molecular weight is 702 g/mol. The lowest BCUT2D eigenvalue weighted by Crippen LogP contribution is -2.00. The van der Waals surface area contributed by atoms with Crippen LogP contribution in [-0.4, -0.2) is 15.0 Å². The minimum atomic E-state index is 0.589. The van der Waals surface area contributed by atoms with Crippen LogP contribution in [0.3, 0.4) is 0 Å². The van der Waals surface area contributed by atoms with E-state index in [4.69, 9.17) is 19.4 Å². The molecule has 0 N–H and O–H groups in total. The normalized spacial score (nSPS) is 11.6. The summed E-state index contributed by atoms with van der Waals surface area (Å²) in [6.07, 6.45) is 0. The van der Waals surface area contributed by atoms with Gasteiger partial charge in [-0.1, -0.05) is 152 Å². The van der Waals surface area contributed by atoms with Crippen LogP contribution in [0.5, 0.6) is 0 Å². The van der Waals surface area contributed by atoms with Crippen molar-refractivity contribution in [2.75, 3.05) is 0 Å². The van der Waals surface area contributed by atoms with E-state index in [1.807, 2.05) is 42.5 Å². The number of benzene rings is 9. The monoisotopic (exact) mass is 701 g/mol. The molecule has 0 radical (unpaired) electrons. The highest BCUT2D eigenvalue weighted by Gasteiger charge is 2.16. The maximum absolute atomic E-state index is 6.41. The van der Waals surface area contributed by atoms with Crippen molar-refractivity contribution in [1.29, 1.82) is 0 Å². The van der Waals surface area contributed by atoms with Crippen molar-refractivity contribution >= 4 is 54.3 Å². The average Bonchev–Trinajstić information content (AvgIpc) is 3.64. The second-order valence-electron chi connectivity index (χ2n) is 14.0. The number of furan rings is 1. The molecule has 0 fully saturated rings. The van der Waals surface area contributed by atoms with E-state index in [0.717, 1.165) is 55.3 Å². The van der Waals surface area contributed by atoms with Crippen LogP contribution < -0.4 is 0 Å². The molecule has 4 nitrogen and oxygen atoms in total. The van der Waals surface area contributed by atoms with E-state index in [0.29, 0.717) is 17.5 Å². The van der Waals surface area contributed by atoms with Crippen molar-refractivity contribution in [3.05, 3.63) is 188 Å². The molecule has 9 aromatic carbocycles. The molecule has 4 heteroatoms.